The molecule has 3 amide bonds. The third-order valence-electron chi connectivity index (χ3n) is 2.89. The van der Waals surface area contributed by atoms with Crippen molar-refractivity contribution in [1.82, 2.24) is 10.6 Å². The molecule has 1 aliphatic rings. The molecule has 0 aliphatic heterocycles. The van der Waals surface area contributed by atoms with Crippen molar-refractivity contribution in [3.8, 4) is 0 Å². The number of nitrogens with one attached hydrogen (secondary N) is 3. The molecule has 1 aromatic carbocycles. The number of alkyl halides is 3. The van der Waals surface area contributed by atoms with Crippen LogP contribution in [0.4, 0.5) is 23.7 Å². The van der Waals surface area contributed by atoms with E-state index in [1.165, 1.54) is 0 Å². The van der Waals surface area contributed by atoms with E-state index in [0.29, 0.717) is 0 Å². The van der Waals surface area contributed by atoms with Crippen molar-refractivity contribution in [1.29, 1.82) is 0 Å². The fourth-order valence-corrected chi connectivity index (χ4v) is 1.78. The number of benzene rings is 1. The second-order valence-corrected chi connectivity index (χ2v) is 5.25. The lowest BCUT2D eigenvalue weighted by molar-refractivity contribution is -0.137. The smallest absolute Gasteiger partial charge is 0.335 e. The van der Waals surface area contributed by atoms with E-state index < -0.39 is 23.7 Å². The van der Waals surface area contributed by atoms with Crippen molar-refractivity contribution in [3.63, 3.8) is 0 Å². The van der Waals surface area contributed by atoms with Crippen molar-refractivity contribution < 1.29 is 22.8 Å². The number of halogens is 4. The zero-order valence-electron chi connectivity index (χ0n) is 11.3. The molecule has 1 aromatic rings. The molecule has 5 nitrogen and oxygen atoms in total. The van der Waals surface area contributed by atoms with E-state index in [-0.39, 0.29) is 23.3 Å². The van der Waals surface area contributed by atoms with E-state index in [1.54, 1.807) is 0 Å². The van der Waals surface area contributed by atoms with Crippen LogP contribution in [0, 0.1) is 0 Å². The summed E-state index contributed by atoms with van der Waals surface area (Å²) in [6.45, 7) is -0.370. The number of carbonyl (C=O) groups is 2. The van der Waals surface area contributed by atoms with Gasteiger partial charge in [0.1, 0.15) is 0 Å². The van der Waals surface area contributed by atoms with Gasteiger partial charge in [-0.15, -0.1) is 0 Å². The van der Waals surface area contributed by atoms with Crippen molar-refractivity contribution in [2.75, 3.05) is 11.9 Å². The average molecular weight is 336 g/mol. The quantitative estimate of drug-likeness (QED) is 0.792. The molecule has 0 atom stereocenters. The third kappa shape index (κ3) is 4.80. The van der Waals surface area contributed by atoms with Crippen molar-refractivity contribution in [3.05, 3.63) is 28.8 Å². The number of urea groups is 1. The van der Waals surface area contributed by atoms with Crippen molar-refractivity contribution in [2.24, 2.45) is 0 Å². The SMILES string of the molecule is O=C(CNC(=O)NC1CC1)Nc1cc(C(F)(F)F)ccc1Cl. The Kier molecular flexibility index (Phi) is 4.80. The standard InChI is InChI=1S/C13H13ClF3N3O2/c14-9-4-1-7(13(15,16)17)5-10(9)20-11(21)6-18-12(22)19-8-2-3-8/h1,4-5,8H,2-3,6H2,(H,20,21)(H2,18,19,22). The Labute approximate surface area is 129 Å². The Morgan fingerprint density at radius 2 is 1.95 bits per heavy atom. The summed E-state index contributed by atoms with van der Waals surface area (Å²) in [6, 6.07) is 2.26. The molecule has 1 aliphatic carbocycles. The van der Waals surface area contributed by atoms with Gasteiger partial charge in [0.05, 0.1) is 22.8 Å². The van der Waals surface area contributed by atoms with Crippen LogP contribution in [0.25, 0.3) is 0 Å². The second-order valence-electron chi connectivity index (χ2n) is 4.84. The van der Waals surface area contributed by atoms with Gasteiger partial charge >= 0.3 is 12.2 Å². The predicted molar refractivity (Wildman–Crippen MR) is 74.6 cm³/mol. The molecule has 1 saturated carbocycles. The first-order chi connectivity index (χ1) is 10.3. The van der Waals surface area contributed by atoms with Crippen LogP contribution >= 0.6 is 11.6 Å². The van der Waals surface area contributed by atoms with Gasteiger partial charge in [0.25, 0.3) is 0 Å². The summed E-state index contributed by atoms with van der Waals surface area (Å²) in [5.74, 6) is -0.674. The molecule has 9 heteroatoms. The van der Waals surface area contributed by atoms with Crippen LogP contribution in [-0.4, -0.2) is 24.5 Å². The van der Waals surface area contributed by atoms with Gasteiger partial charge in [-0.2, -0.15) is 13.2 Å². The average Bonchev–Trinajstić information content (AvgIpc) is 3.21. The first kappa shape index (κ1) is 16.4. The predicted octanol–water partition coefficient (Wildman–Crippen LogP) is 2.76. The Balaban J connectivity index is 1.91. The van der Waals surface area contributed by atoms with E-state index in [4.69, 9.17) is 11.6 Å². The first-order valence-corrected chi connectivity index (χ1v) is 6.84. The maximum Gasteiger partial charge on any atom is 0.416 e. The second kappa shape index (κ2) is 6.43. The molecule has 0 aromatic heterocycles. The maximum absolute atomic E-state index is 12.6. The Morgan fingerprint density at radius 1 is 1.27 bits per heavy atom. The van der Waals surface area contributed by atoms with Crippen LogP contribution in [0.5, 0.6) is 0 Å². The van der Waals surface area contributed by atoms with Gasteiger partial charge in [-0.3, -0.25) is 4.79 Å². The molecule has 0 unspecified atom stereocenters. The minimum absolute atomic E-state index is 0.0243. The summed E-state index contributed by atoms with van der Waals surface area (Å²) >= 11 is 5.75. The Bertz CT molecular complexity index is 588. The number of hydrogen-bond acceptors (Lipinski definition) is 2. The summed E-state index contributed by atoms with van der Waals surface area (Å²) in [5, 5.41) is 7.13. The number of hydrogen-bond donors (Lipinski definition) is 3. The van der Waals surface area contributed by atoms with E-state index in [9.17, 15) is 22.8 Å². The van der Waals surface area contributed by atoms with Crippen LogP contribution in [0.15, 0.2) is 18.2 Å². The van der Waals surface area contributed by atoms with Gasteiger partial charge in [0.2, 0.25) is 5.91 Å². The highest BCUT2D eigenvalue weighted by molar-refractivity contribution is 6.33. The zero-order valence-corrected chi connectivity index (χ0v) is 12.0. The Hall–Kier alpha value is -1.96. The Morgan fingerprint density at radius 3 is 2.55 bits per heavy atom. The molecule has 22 heavy (non-hydrogen) atoms. The lowest BCUT2D eigenvalue weighted by Crippen LogP contribution is -2.40. The lowest BCUT2D eigenvalue weighted by Gasteiger charge is -2.12. The molecule has 1 fully saturated rings. The number of amides is 3. The van der Waals surface area contributed by atoms with E-state index in [1.807, 2.05) is 0 Å². The third-order valence-corrected chi connectivity index (χ3v) is 3.22. The molecule has 120 valence electrons. The van der Waals surface area contributed by atoms with Crippen LogP contribution in [0.3, 0.4) is 0 Å². The zero-order chi connectivity index (χ0) is 16.3. The van der Waals surface area contributed by atoms with Gasteiger partial charge in [0.15, 0.2) is 0 Å². The molecule has 0 saturated heterocycles. The molecule has 0 heterocycles. The summed E-state index contributed by atoms with van der Waals surface area (Å²) in [4.78, 5) is 23.0. The van der Waals surface area contributed by atoms with Gasteiger partial charge < -0.3 is 16.0 Å². The van der Waals surface area contributed by atoms with E-state index in [2.05, 4.69) is 16.0 Å². The van der Waals surface area contributed by atoms with Gasteiger partial charge in [-0.05, 0) is 31.0 Å². The van der Waals surface area contributed by atoms with Gasteiger partial charge in [0, 0.05) is 6.04 Å². The summed E-state index contributed by atoms with van der Waals surface area (Å²) in [6.07, 6.45) is -2.73. The fourth-order valence-electron chi connectivity index (χ4n) is 1.62. The highest BCUT2D eigenvalue weighted by Crippen LogP contribution is 2.33. The summed E-state index contributed by atoms with van der Waals surface area (Å²) < 4.78 is 37.8. The lowest BCUT2D eigenvalue weighted by atomic mass is 10.2. The molecule has 2 rings (SSSR count). The fraction of sp³-hybridized carbons (Fsp3) is 0.385. The summed E-state index contributed by atoms with van der Waals surface area (Å²) in [5.41, 5.74) is -1.09. The minimum atomic E-state index is -4.54. The molecular weight excluding hydrogens is 323 g/mol. The minimum Gasteiger partial charge on any atom is -0.335 e. The number of anilines is 1. The van der Waals surface area contributed by atoms with E-state index >= 15 is 0 Å². The monoisotopic (exact) mass is 335 g/mol. The molecule has 0 bridgehead atoms. The topological polar surface area (TPSA) is 70.2 Å². The van der Waals surface area contributed by atoms with E-state index in [0.717, 1.165) is 31.0 Å². The molecule has 0 radical (unpaired) electrons. The highest BCUT2D eigenvalue weighted by Gasteiger charge is 2.31. The van der Waals surface area contributed by atoms with Gasteiger partial charge in [-0.25, -0.2) is 4.79 Å². The van der Waals surface area contributed by atoms with Crippen molar-refractivity contribution in [2.45, 2.75) is 25.1 Å². The van der Waals surface area contributed by atoms with Crippen LogP contribution in [-0.2, 0) is 11.0 Å². The number of carbonyl (C=O) groups excluding carboxylic acids is 2. The summed E-state index contributed by atoms with van der Waals surface area (Å²) in [7, 11) is 0. The van der Waals surface area contributed by atoms with Crippen LogP contribution in [0.1, 0.15) is 18.4 Å². The van der Waals surface area contributed by atoms with Crippen LogP contribution < -0.4 is 16.0 Å². The molecular formula is C13H13ClF3N3O2. The largest absolute Gasteiger partial charge is 0.416 e. The molecule has 0 spiro atoms. The first-order valence-electron chi connectivity index (χ1n) is 6.46. The van der Waals surface area contributed by atoms with Gasteiger partial charge in [-0.1, -0.05) is 11.6 Å². The number of rotatable bonds is 4. The maximum atomic E-state index is 12.6. The molecule has 3 N–H and O–H groups in total. The normalized spacial score (nSPS) is 14.4. The highest BCUT2D eigenvalue weighted by atomic mass is 35.5. The van der Waals surface area contributed by atoms with Crippen molar-refractivity contribution >= 4 is 29.2 Å². The van der Waals surface area contributed by atoms with Crippen LogP contribution in [0.2, 0.25) is 5.02 Å².